The fraction of sp³-hybridized carbons (Fsp3) is 0.500. The van der Waals surface area contributed by atoms with E-state index in [1.807, 2.05) is 6.92 Å². The third-order valence-electron chi connectivity index (χ3n) is 2.64. The number of ether oxygens (including phenoxy) is 1. The molecular formula is C10H13N3O2. The van der Waals surface area contributed by atoms with E-state index in [-0.39, 0.29) is 11.5 Å². The molecule has 15 heavy (non-hydrogen) atoms. The zero-order valence-corrected chi connectivity index (χ0v) is 8.80. The van der Waals surface area contributed by atoms with Crippen molar-refractivity contribution in [2.24, 2.45) is 0 Å². The number of amides is 1. The minimum atomic E-state index is -0.189. The van der Waals surface area contributed by atoms with E-state index in [0.717, 1.165) is 0 Å². The smallest absolute Gasteiger partial charge is 0.257 e. The first kappa shape index (κ1) is 10.0. The molecule has 1 aliphatic heterocycles. The van der Waals surface area contributed by atoms with E-state index < -0.39 is 0 Å². The molecule has 1 aliphatic rings. The molecule has 0 saturated carbocycles. The lowest BCUT2D eigenvalue weighted by Crippen LogP contribution is -2.62. The Morgan fingerprint density at radius 2 is 2.07 bits per heavy atom. The second kappa shape index (κ2) is 3.58. The third kappa shape index (κ3) is 1.83. The molecule has 5 heteroatoms. The van der Waals surface area contributed by atoms with Crippen molar-refractivity contribution in [2.75, 3.05) is 20.2 Å². The number of hydrogen-bond donors (Lipinski definition) is 0. The Bertz CT molecular complexity index is 360. The second-order valence-corrected chi connectivity index (χ2v) is 3.94. The largest absolute Gasteiger partial charge is 0.375 e. The van der Waals surface area contributed by atoms with Gasteiger partial charge in [-0.05, 0) is 6.92 Å². The van der Waals surface area contributed by atoms with Crippen molar-refractivity contribution in [3.05, 3.63) is 24.3 Å². The minimum Gasteiger partial charge on any atom is -0.375 e. The summed E-state index contributed by atoms with van der Waals surface area (Å²) in [6, 6.07) is 0. The number of aromatic nitrogens is 2. The van der Waals surface area contributed by atoms with Gasteiger partial charge in [0.1, 0.15) is 11.9 Å². The molecule has 0 N–H and O–H groups in total. The molecule has 80 valence electrons. The first-order valence-electron chi connectivity index (χ1n) is 4.74. The van der Waals surface area contributed by atoms with Crippen LogP contribution in [-0.2, 0) is 4.74 Å². The van der Waals surface area contributed by atoms with Gasteiger partial charge in [0.2, 0.25) is 0 Å². The topological polar surface area (TPSA) is 55.3 Å². The highest BCUT2D eigenvalue weighted by atomic mass is 16.5. The van der Waals surface area contributed by atoms with Gasteiger partial charge in [-0.2, -0.15) is 0 Å². The van der Waals surface area contributed by atoms with Gasteiger partial charge < -0.3 is 9.64 Å². The quantitative estimate of drug-likeness (QED) is 0.701. The van der Waals surface area contributed by atoms with Crippen LogP contribution < -0.4 is 0 Å². The highest BCUT2D eigenvalue weighted by Gasteiger charge is 2.41. The molecule has 1 aromatic rings. The number of likely N-dealkylation sites (tertiary alicyclic amines) is 1. The van der Waals surface area contributed by atoms with Crippen LogP contribution >= 0.6 is 0 Å². The SMILES string of the molecule is COC1(C)CN(C(=O)c2cncnc2)C1. The predicted octanol–water partition coefficient (Wildman–Crippen LogP) is 0.337. The summed E-state index contributed by atoms with van der Waals surface area (Å²) in [7, 11) is 1.66. The molecule has 5 nitrogen and oxygen atoms in total. The van der Waals surface area contributed by atoms with Gasteiger partial charge in [0.25, 0.3) is 5.91 Å². The van der Waals surface area contributed by atoms with Crippen molar-refractivity contribution in [2.45, 2.75) is 12.5 Å². The summed E-state index contributed by atoms with van der Waals surface area (Å²) in [5.74, 6) is -0.0369. The van der Waals surface area contributed by atoms with Gasteiger partial charge in [-0.1, -0.05) is 0 Å². The highest BCUT2D eigenvalue weighted by molar-refractivity contribution is 5.94. The predicted molar refractivity (Wildman–Crippen MR) is 53.3 cm³/mol. The molecule has 1 saturated heterocycles. The van der Waals surface area contributed by atoms with Crippen LogP contribution in [-0.4, -0.2) is 46.6 Å². The number of methoxy groups -OCH3 is 1. The fourth-order valence-electron chi connectivity index (χ4n) is 1.63. The molecule has 2 heterocycles. The van der Waals surface area contributed by atoms with E-state index in [1.165, 1.54) is 18.7 Å². The van der Waals surface area contributed by atoms with E-state index in [1.54, 1.807) is 12.0 Å². The molecule has 0 bridgehead atoms. The lowest BCUT2D eigenvalue weighted by atomic mass is 9.96. The van der Waals surface area contributed by atoms with Gasteiger partial charge in [-0.15, -0.1) is 0 Å². The molecular weight excluding hydrogens is 194 g/mol. The second-order valence-electron chi connectivity index (χ2n) is 3.94. The van der Waals surface area contributed by atoms with Crippen LogP contribution in [0.2, 0.25) is 0 Å². The monoisotopic (exact) mass is 207 g/mol. The van der Waals surface area contributed by atoms with Crippen LogP contribution in [0.3, 0.4) is 0 Å². The van der Waals surface area contributed by atoms with E-state index in [0.29, 0.717) is 18.7 Å². The Hall–Kier alpha value is -1.49. The maximum Gasteiger partial charge on any atom is 0.257 e. The Balaban J connectivity index is 2.01. The molecule has 1 amide bonds. The Morgan fingerprint density at radius 1 is 1.47 bits per heavy atom. The van der Waals surface area contributed by atoms with Gasteiger partial charge in [0.05, 0.1) is 18.7 Å². The van der Waals surface area contributed by atoms with Crippen LogP contribution in [0.5, 0.6) is 0 Å². The minimum absolute atomic E-state index is 0.0369. The number of nitrogens with zero attached hydrogens (tertiary/aromatic N) is 3. The number of carbonyl (C=O) groups excluding carboxylic acids is 1. The first-order valence-corrected chi connectivity index (χ1v) is 4.74. The molecule has 0 atom stereocenters. The average molecular weight is 207 g/mol. The van der Waals surface area contributed by atoms with Crippen LogP contribution in [0.1, 0.15) is 17.3 Å². The van der Waals surface area contributed by atoms with Gasteiger partial charge >= 0.3 is 0 Å². The van der Waals surface area contributed by atoms with Crippen LogP contribution in [0.15, 0.2) is 18.7 Å². The van der Waals surface area contributed by atoms with Crippen molar-refractivity contribution in [1.82, 2.24) is 14.9 Å². The number of rotatable bonds is 2. The fourth-order valence-corrected chi connectivity index (χ4v) is 1.63. The summed E-state index contributed by atoms with van der Waals surface area (Å²) in [5, 5.41) is 0. The zero-order valence-electron chi connectivity index (χ0n) is 8.80. The van der Waals surface area contributed by atoms with Crippen LogP contribution in [0, 0.1) is 0 Å². The Kier molecular flexibility index (Phi) is 2.40. The molecule has 1 aromatic heterocycles. The molecule has 0 aliphatic carbocycles. The van der Waals surface area contributed by atoms with Crippen molar-refractivity contribution in [1.29, 1.82) is 0 Å². The molecule has 0 spiro atoms. The van der Waals surface area contributed by atoms with Gasteiger partial charge in [0.15, 0.2) is 0 Å². The number of hydrogen-bond acceptors (Lipinski definition) is 4. The van der Waals surface area contributed by atoms with E-state index in [9.17, 15) is 4.79 Å². The van der Waals surface area contributed by atoms with E-state index in [2.05, 4.69) is 9.97 Å². The van der Waals surface area contributed by atoms with Gasteiger partial charge in [0, 0.05) is 19.5 Å². The van der Waals surface area contributed by atoms with Crippen molar-refractivity contribution in [3.8, 4) is 0 Å². The van der Waals surface area contributed by atoms with Crippen molar-refractivity contribution in [3.63, 3.8) is 0 Å². The summed E-state index contributed by atoms with van der Waals surface area (Å²) in [5.41, 5.74) is 0.335. The Labute approximate surface area is 88.1 Å². The van der Waals surface area contributed by atoms with Crippen LogP contribution in [0.25, 0.3) is 0 Å². The molecule has 0 unspecified atom stereocenters. The van der Waals surface area contributed by atoms with Gasteiger partial charge in [-0.3, -0.25) is 4.79 Å². The van der Waals surface area contributed by atoms with Gasteiger partial charge in [-0.25, -0.2) is 9.97 Å². The normalized spacial score (nSPS) is 18.4. The number of carbonyl (C=O) groups is 1. The highest BCUT2D eigenvalue weighted by Crippen LogP contribution is 2.24. The first-order chi connectivity index (χ1) is 7.14. The standard InChI is InChI=1S/C10H13N3O2/c1-10(15-2)5-13(6-10)9(14)8-3-11-7-12-4-8/h3-4,7H,5-6H2,1-2H3. The molecule has 2 rings (SSSR count). The zero-order chi connectivity index (χ0) is 10.9. The van der Waals surface area contributed by atoms with Crippen molar-refractivity contribution >= 4 is 5.91 Å². The average Bonchev–Trinajstić information content (AvgIpc) is 2.25. The van der Waals surface area contributed by atoms with E-state index in [4.69, 9.17) is 4.74 Å². The summed E-state index contributed by atoms with van der Waals surface area (Å²) < 4.78 is 5.26. The summed E-state index contributed by atoms with van der Waals surface area (Å²) in [6.45, 7) is 3.23. The Morgan fingerprint density at radius 3 is 2.60 bits per heavy atom. The lowest BCUT2D eigenvalue weighted by molar-refractivity contribution is -0.0947. The maximum atomic E-state index is 11.8. The van der Waals surface area contributed by atoms with Crippen LogP contribution in [0.4, 0.5) is 0 Å². The third-order valence-corrected chi connectivity index (χ3v) is 2.64. The lowest BCUT2D eigenvalue weighted by Gasteiger charge is -2.46. The summed E-state index contributed by atoms with van der Waals surface area (Å²) >= 11 is 0. The maximum absolute atomic E-state index is 11.8. The summed E-state index contributed by atoms with van der Waals surface area (Å²) in [4.78, 5) is 21.2. The van der Waals surface area contributed by atoms with E-state index >= 15 is 0 Å². The molecule has 1 fully saturated rings. The summed E-state index contributed by atoms with van der Waals surface area (Å²) in [6.07, 6.45) is 4.46. The molecule has 0 radical (unpaired) electrons. The van der Waals surface area contributed by atoms with Crippen molar-refractivity contribution < 1.29 is 9.53 Å². The molecule has 0 aromatic carbocycles.